The van der Waals surface area contributed by atoms with Crippen LogP contribution in [0.5, 0.6) is 0 Å². The van der Waals surface area contributed by atoms with Crippen LogP contribution in [-0.2, 0) is 6.54 Å². The van der Waals surface area contributed by atoms with E-state index in [0.29, 0.717) is 18.2 Å². The summed E-state index contributed by atoms with van der Waals surface area (Å²) in [6, 6.07) is 3.41. The Morgan fingerprint density at radius 3 is 3.29 bits per heavy atom. The van der Waals surface area contributed by atoms with Crippen molar-refractivity contribution in [1.82, 2.24) is 20.2 Å². The molecule has 3 rings (SSSR count). The van der Waals surface area contributed by atoms with Crippen LogP contribution in [0.15, 0.2) is 35.3 Å². The van der Waals surface area contributed by atoms with Gasteiger partial charge in [-0.3, -0.25) is 9.69 Å². The van der Waals surface area contributed by atoms with Crippen LogP contribution >= 0.6 is 0 Å². The van der Waals surface area contributed by atoms with Crippen LogP contribution in [-0.4, -0.2) is 40.4 Å². The molecule has 1 aliphatic heterocycles. The third-order valence-electron chi connectivity index (χ3n) is 3.85. The van der Waals surface area contributed by atoms with Gasteiger partial charge in [-0.25, -0.2) is 4.98 Å². The Kier molecular flexibility index (Phi) is 4.35. The zero-order valence-corrected chi connectivity index (χ0v) is 11.9. The number of piperidine rings is 1. The first-order chi connectivity index (χ1) is 10.3. The van der Waals surface area contributed by atoms with E-state index < -0.39 is 0 Å². The van der Waals surface area contributed by atoms with Crippen molar-refractivity contribution in [1.29, 1.82) is 0 Å². The first-order valence-corrected chi connectivity index (χ1v) is 7.32. The number of nitrogens with one attached hydrogen (secondary N) is 2. The molecular formula is C15H20N4O2. The van der Waals surface area contributed by atoms with E-state index in [2.05, 4.69) is 20.2 Å². The van der Waals surface area contributed by atoms with Crippen LogP contribution in [0.3, 0.4) is 0 Å². The first-order valence-electron chi connectivity index (χ1n) is 7.32. The molecule has 0 aromatic carbocycles. The SMILES string of the molecule is O=C(NC[C@H]1CCCN(Cc2cnc[nH]2)C1)c1ccco1. The fraction of sp³-hybridized carbons (Fsp3) is 0.467. The number of carbonyl (C=O) groups is 1. The summed E-state index contributed by atoms with van der Waals surface area (Å²) in [6.45, 7) is 3.68. The maximum absolute atomic E-state index is 11.9. The molecule has 2 N–H and O–H groups in total. The molecule has 1 atom stereocenters. The third-order valence-corrected chi connectivity index (χ3v) is 3.85. The van der Waals surface area contributed by atoms with Gasteiger partial charge in [0.25, 0.3) is 5.91 Å². The Morgan fingerprint density at radius 1 is 1.57 bits per heavy atom. The number of carbonyl (C=O) groups excluding carboxylic acids is 1. The van der Waals surface area contributed by atoms with Crippen molar-refractivity contribution in [3.63, 3.8) is 0 Å². The number of rotatable bonds is 5. The smallest absolute Gasteiger partial charge is 0.286 e. The fourth-order valence-corrected chi connectivity index (χ4v) is 2.81. The number of furan rings is 1. The molecule has 2 aromatic rings. The van der Waals surface area contributed by atoms with E-state index in [1.54, 1.807) is 18.5 Å². The highest BCUT2D eigenvalue weighted by atomic mass is 16.3. The van der Waals surface area contributed by atoms with Gasteiger partial charge >= 0.3 is 0 Å². The average molecular weight is 288 g/mol. The van der Waals surface area contributed by atoms with Crippen molar-refractivity contribution < 1.29 is 9.21 Å². The second kappa shape index (κ2) is 6.58. The first kappa shape index (κ1) is 13.9. The van der Waals surface area contributed by atoms with Crippen molar-refractivity contribution in [3.8, 4) is 0 Å². The molecule has 0 aliphatic carbocycles. The number of hydrogen-bond donors (Lipinski definition) is 2. The van der Waals surface area contributed by atoms with Crippen LogP contribution in [0.4, 0.5) is 0 Å². The largest absolute Gasteiger partial charge is 0.459 e. The van der Waals surface area contributed by atoms with Crippen LogP contribution in [0.1, 0.15) is 29.1 Å². The van der Waals surface area contributed by atoms with E-state index in [4.69, 9.17) is 4.42 Å². The molecule has 0 spiro atoms. The molecule has 21 heavy (non-hydrogen) atoms. The zero-order valence-electron chi connectivity index (χ0n) is 11.9. The second-order valence-electron chi connectivity index (χ2n) is 5.51. The standard InChI is InChI=1S/C15H20N4O2/c20-15(14-4-2-6-21-14)17-7-12-3-1-5-19(9-12)10-13-8-16-11-18-13/h2,4,6,8,11-12H,1,3,5,7,9-10H2,(H,16,18)(H,17,20)/t12-/m1/s1. The van der Waals surface area contributed by atoms with Gasteiger partial charge in [0.15, 0.2) is 5.76 Å². The molecule has 0 bridgehead atoms. The maximum Gasteiger partial charge on any atom is 0.286 e. The molecular weight excluding hydrogens is 268 g/mol. The van der Waals surface area contributed by atoms with Gasteiger partial charge in [0.05, 0.1) is 12.6 Å². The van der Waals surface area contributed by atoms with E-state index in [9.17, 15) is 4.79 Å². The molecule has 1 fully saturated rings. The number of imidazole rings is 1. The predicted molar refractivity (Wildman–Crippen MR) is 77.6 cm³/mol. The number of nitrogens with zero attached hydrogens (tertiary/aromatic N) is 2. The molecule has 1 saturated heterocycles. The number of likely N-dealkylation sites (tertiary alicyclic amines) is 1. The Morgan fingerprint density at radius 2 is 2.52 bits per heavy atom. The summed E-state index contributed by atoms with van der Waals surface area (Å²) >= 11 is 0. The summed E-state index contributed by atoms with van der Waals surface area (Å²) in [5, 5.41) is 2.95. The van der Waals surface area contributed by atoms with Gasteiger partial charge in [-0.15, -0.1) is 0 Å². The van der Waals surface area contributed by atoms with Gasteiger partial charge in [0.1, 0.15) is 0 Å². The van der Waals surface area contributed by atoms with Gasteiger partial charge in [-0.1, -0.05) is 0 Å². The van der Waals surface area contributed by atoms with E-state index >= 15 is 0 Å². The maximum atomic E-state index is 11.9. The van der Waals surface area contributed by atoms with Crippen molar-refractivity contribution in [2.75, 3.05) is 19.6 Å². The van der Waals surface area contributed by atoms with Crippen LogP contribution < -0.4 is 5.32 Å². The molecule has 1 amide bonds. The van der Waals surface area contributed by atoms with Crippen molar-refractivity contribution in [2.24, 2.45) is 5.92 Å². The minimum atomic E-state index is -0.134. The lowest BCUT2D eigenvalue weighted by Gasteiger charge is -2.32. The van der Waals surface area contributed by atoms with E-state index in [-0.39, 0.29) is 5.91 Å². The predicted octanol–water partition coefficient (Wildman–Crippen LogP) is 1.64. The fourth-order valence-electron chi connectivity index (χ4n) is 2.81. The van der Waals surface area contributed by atoms with Gasteiger partial charge in [0, 0.05) is 31.5 Å². The number of H-pyrrole nitrogens is 1. The topological polar surface area (TPSA) is 74.2 Å². The monoisotopic (exact) mass is 288 g/mol. The average Bonchev–Trinajstić information content (AvgIpc) is 3.18. The van der Waals surface area contributed by atoms with Crippen molar-refractivity contribution in [3.05, 3.63) is 42.4 Å². The number of amides is 1. The quantitative estimate of drug-likeness (QED) is 0.877. The normalized spacial score (nSPS) is 19.5. The lowest BCUT2D eigenvalue weighted by atomic mass is 9.98. The van der Waals surface area contributed by atoms with Gasteiger partial charge in [0.2, 0.25) is 0 Å². The highest BCUT2D eigenvalue weighted by molar-refractivity contribution is 5.91. The van der Waals surface area contributed by atoms with Crippen LogP contribution in [0.2, 0.25) is 0 Å². The molecule has 0 unspecified atom stereocenters. The number of aromatic amines is 1. The number of aromatic nitrogens is 2. The summed E-state index contributed by atoms with van der Waals surface area (Å²) in [5.41, 5.74) is 1.13. The van der Waals surface area contributed by atoms with Gasteiger partial charge in [-0.2, -0.15) is 0 Å². The highest BCUT2D eigenvalue weighted by Gasteiger charge is 2.21. The van der Waals surface area contributed by atoms with E-state index in [0.717, 1.165) is 38.2 Å². The van der Waals surface area contributed by atoms with Crippen molar-refractivity contribution in [2.45, 2.75) is 19.4 Å². The van der Waals surface area contributed by atoms with E-state index in [1.807, 2.05) is 6.20 Å². The molecule has 3 heterocycles. The van der Waals surface area contributed by atoms with Crippen LogP contribution in [0, 0.1) is 5.92 Å². The third kappa shape index (κ3) is 3.72. The minimum absolute atomic E-state index is 0.134. The zero-order chi connectivity index (χ0) is 14.5. The summed E-state index contributed by atoms with van der Waals surface area (Å²) < 4.78 is 5.09. The van der Waals surface area contributed by atoms with Crippen molar-refractivity contribution >= 4 is 5.91 Å². The number of hydrogen-bond acceptors (Lipinski definition) is 4. The van der Waals surface area contributed by atoms with Crippen LogP contribution in [0.25, 0.3) is 0 Å². The Bertz CT molecular complexity index is 550. The Hall–Kier alpha value is -2.08. The molecule has 0 saturated carbocycles. The molecule has 1 aliphatic rings. The summed E-state index contributed by atoms with van der Waals surface area (Å²) in [6.07, 6.45) is 7.40. The molecule has 6 nitrogen and oxygen atoms in total. The summed E-state index contributed by atoms with van der Waals surface area (Å²) in [7, 11) is 0. The summed E-state index contributed by atoms with van der Waals surface area (Å²) in [5.74, 6) is 0.728. The van der Waals surface area contributed by atoms with E-state index in [1.165, 1.54) is 6.26 Å². The lowest BCUT2D eigenvalue weighted by molar-refractivity contribution is 0.0903. The molecule has 6 heteroatoms. The minimum Gasteiger partial charge on any atom is -0.459 e. The van der Waals surface area contributed by atoms with Gasteiger partial charge < -0.3 is 14.7 Å². The molecule has 0 radical (unpaired) electrons. The highest BCUT2D eigenvalue weighted by Crippen LogP contribution is 2.17. The molecule has 112 valence electrons. The Balaban J connectivity index is 1.46. The molecule has 2 aromatic heterocycles. The summed E-state index contributed by atoms with van der Waals surface area (Å²) in [4.78, 5) is 21.4. The Labute approximate surface area is 123 Å². The van der Waals surface area contributed by atoms with Gasteiger partial charge in [-0.05, 0) is 37.4 Å². The lowest BCUT2D eigenvalue weighted by Crippen LogP contribution is -2.40. The second-order valence-corrected chi connectivity index (χ2v) is 5.51.